The molecule has 0 spiro atoms. The summed E-state index contributed by atoms with van der Waals surface area (Å²) in [6.07, 6.45) is 1.48. The molecule has 8 nitrogen and oxygen atoms in total. The summed E-state index contributed by atoms with van der Waals surface area (Å²) in [4.78, 5) is 29.3. The molecule has 1 aromatic carbocycles. The summed E-state index contributed by atoms with van der Waals surface area (Å²) in [6.45, 7) is 5.38. The zero-order valence-electron chi connectivity index (χ0n) is 17.8. The molecule has 0 aliphatic heterocycles. The lowest BCUT2D eigenvalue weighted by Gasteiger charge is -2.20. The highest BCUT2D eigenvalue weighted by Gasteiger charge is 2.22. The van der Waals surface area contributed by atoms with Crippen LogP contribution in [0.25, 0.3) is 0 Å². The molecule has 5 N–H and O–H groups in total. The summed E-state index contributed by atoms with van der Waals surface area (Å²) < 4.78 is 0. The number of thiophene rings is 1. The van der Waals surface area contributed by atoms with Crippen molar-refractivity contribution in [3.05, 3.63) is 69.7 Å². The largest absolute Gasteiger partial charge is 0.493 e. The second kappa shape index (κ2) is 9.86. The van der Waals surface area contributed by atoms with Crippen LogP contribution in [0.3, 0.4) is 0 Å². The zero-order valence-corrected chi connectivity index (χ0v) is 19.4. The number of hydrogen-bond acceptors (Lipinski definition) is 7. The number of aryl methyl sites for hydroxylation is 1. The van der Waals surface area contributed by atoms with Crippen LogP contribution in [0.1, 0.15) is 38.8 Å². The van der Waals surface area contributed by atoms with E-state index in [9.17, 15) is 14.7 Å². The Bertz CT molecular complexity index is 1170. The standard InChI is InChI=1S/C22H23N5O3S2/c1-12-13(2)32-21(26-22(31)27(23)11-16-5-4-10-24-20(16)30)18(12)19(29)15-6-8-17(9-7-15)25-14(3)28/h4-10H,11,23H2,1-3H3,(H,24,30)(H,25,28)(H,26,31). The Labute approximate surface area is 195 Å². The van der Waals surface area contributed by atoms with Crippen LogP contribution in [-0.4, -0.2) is 31.9 Å². The highest BCUT2D eigenvalue weighted by atomic mass is 32.1. The average molecular weight is 470 g/mol. The average Bonchev–Trinajstić information content (AvgIpc) is 3.02. The first-order valence-electron chi connectivity index (χ1n) is 9.65. The van der Waals surface area contributed by atoms with Gasteiger partial charge in [0.25, 0.3) is 0 Å². The lowest BCUT2D eigenvalue weighted by molar-refractivity contribution is -0.114. The van der Waals surface area contributed by atoms with Crippen LogP contribution in [0.2, 0.25) is 0 Å². The van der Waals surface area contributed by atoms with Crippen LogP contribution >= 0.6 is 23.6 Å². The number of benzene rings is 1. The maximum atomic E-state index is 13.3. The minimum atomic E-state index is -0.181. The number of nitrogens with one attached hydrogen (secondary N) is 2. The van der Waals surface area contributed by atoms with E-state index in [1.807, 2.05) is 13.8 Å². The van der Waals surface area contributed by atoms with E-state index in [0.717, 1.165) is 10.4 Å². The third-order valence-electron chi connectivity index (χ3n) is 4.77. The lowest BCUT2D eigenvalue weighted by atomic mass is 10.0. The Morgan fingerprint density at radius 3 is 2.50 bits per heavy atom. The van der Waals surface area contributed by atoms with Gasteiger partial charge in [-0.05, 0) is 62.0 Å². The minimum Gasteiger partial charge on any atom is -0.493 e. The van der Waals surface area contributed by atoms with Gasteiger partial charge >= 0.3 is 0 Å². The van der Waals surface area contributed by atoms with E-state index >= 15 is 0 Å². The number of aromatic hydroxyl groups is 1. The molecule has 10 heteroatoms. The molecule has 2 heterocycles. The van der Waals surface area contributed by atoms with Crippen LogP contribution in [0.4, 0.5) is 10.7 Å². The predicted molar refractivity (Wildman–Crippen MR) is 130 cm³/mol. The molecule has 0 aliphatic carbocycles. The van der Waals surface area contributed by atoms with Crippen LogP contribution in [0, 0.1) is 13.8 Å². The van der Waals surface area contributed by atoms with E-state index in [4.69, 9.17) is 18.1 Å². The molecule has 1 amide bonds. The van der Waals surface area contributed by atoms with Crippen LogP contribution in [-0.2, 0) is 11.3 Å². The number of rotatable bonds is 6. The topological polar surface area (TPSA) is 121 Å². The zero-order chi connectivity index (χ0) is 23.4. The van der Waals surface area contributed by atoms with Gasteiger partial charge in [0.1, 0.15) is 5.00 Å². The number of carbonyl (C=O) groups is 2. The highest BCUT2D eigenvalue weighted by molar-refractivity contribution is 7.80. The summed E-state index contributed by atoms with van der Waals surface area (Å²) >= 11 is 6.83. The van der Waals surface area contributed by atoms with Crippen LogP contribution in [0.5, 0.6) is 5.88 Å². The number of nitrogens with two attached hydrogens (primary N) is 1. The molecule has 0 bridgehead atoms. The first-order chi connectivity index (χ1) is 15.2. The molecule has 3 aromatic rings. The molecular weight excluding hydrogens is 446 g/mol. The summed E-state index contributed by atoms with van der Waals surface area (Å²) in [7, 11) is 0. The minimum absolute atomic E-state index is 0.118. The predicted octanol–water partition coefficient (Wildman–Crippen LogP) is 3.73. The van der Waals surface area contributed by atoms with Crippen molar-refractivity contribution in [1.82, 2.24) is 9.99 Å². The number of pyridine rings is 1. The number of amides is 1. The number of aromatic nitrogens is 1. The normalized spacial score (nSPS) is 10.5. The summed E-state index contributed by atoms with van der Waals surface area (Å²) in [5.41, 5.74) is 2.99. The number of anilines is 2. The van der Waals surface area contributed by atoms with Crippen molar-refractivity contribution in [2.45, 2.75) is 27.3 Å². The Morgan fingerprint density at radius 2 is 1.88 bits per heavy atom. The van der Waals surface area contributed by atoms with E-state index in [-0.39, 0.29) is 29.2 Å². The van der Waals surface area contributed by atoms with Crippen molar-refractivity contribution < 1.29 is 14.7 Å². The SMILES string of the molecule is CC(=O)Nc1ccc(C(=O)c2c(NC(=S)N(N)Cc3cccnc3O)sc(C)c2C)cc1. The maximum absolute atomic E-state index is 13.3. The Hall–Kier alpha value is -3.34. The molecule has 3 rings (SSSR count). The van der Waals surface area contributed by atoms with Crippen molar-refractivity contribution >= 4 is 51.0 Å². The Balaban J connectivity index is 1.81. The van der Waals surface area contributed by atoms with Gasteiger partial charge in [-0.15, -0.1) is 11.3 Å². The first kappa shape index (κ1) is 23.3. The van der Waals surface area contributed by atoms with Crippen molar-refractivity contribution in [1.29, 1.82) is 0 Å². The molecule has 0 fully saturated rings. The molecule has 0 atom stereocenters. The summed E-state index contributed by atoms with van der Waals surface area (Å²) in [5, 5.41) is 17.7. The van der Waals surface area contributed by atoms with Gasteiger partial charge in [0.05, 0.1) is 12.1 Å². The number of carbonyl (C=O) groups excluding carboxylic acids is 2. The molecule has 0 saturated carbocycles. The third kappa shape index (κ3) is 5.28. The van der Waals surface area contributed by atoms with E-state index in [2.05, 4.69) is 15.6 Å². The number of thiocarbonyl (C=S) groups is 1. The second-order valence-electron chi connectivity index (χ2n) is 7.12. The fourth-order valence-electron chi connectivity index (χ4n) is 3.02. The second-order valence-corrected chi connectivity index (χ2v) is 8.73. The van der Waals surface area contributed by atoms with Gasteiger partial charge in [0, 0.05) is 34.8 Å². The van der Waals surface area contributed by atoms with Crippen molar-refractivity contribution in [3.63, 3.8) is 0 Å². The molecule has 2 aromatic heterocycles. The van der Waals surface area contributed by atoms with Gasteiger partial charge in [-0.3, -0.25) is 14.6 Å². The highest BCUT2D eigenvalue weighted by Crippen LogP contribution is 2.34. The quantitative estimate of drug-likeness (QED) is 0.187. The Morgan fingerprint density at radius 1 is 1.19 bits per heavy atom. The number of ketones is 1. The maximum Gasteiger partial charge on any atom is 0.221 e. The molecule has 0 saturated heterocycles. The van der Waals surface area contributed by atoms with E-state index < -0.39 is 0 Å². The lowest BCUT2D eigenvalue weighted by Crippen LogP contribution is -2.39. The molecule has 166 valence electrons. The first-order valence-corrected chi connectivity index (χ1v) is 10.9. The Kier molecular flexibility index (Phi) is 7.18. The fourth-order valence-corrected chi connectivity index (χ4v) is 4.31. The smallest absolute Gasteiger partial charge is 0.221 e. The van der Waals surface area contributed by atoms with Crippen molar-refractivity contribution in [2.75, 3.05) is 10.6 Å². The fraction of sp³-hybridized carbons (Fsp3) is 0.182. The number of hydrazine groups is 1. The van der Waals surface area contributed by atoms with Gasteiger partial charge < -0.3 is 15.7 Å². The van der Waals surface area contributed by atoms with Crippen LogP contribution in [0.15, 0.2) is 42.6 Å². The van der Waals surface area contributed by atoms with Gasteiger partial charge in [-0.1, -0.05) is 6.07 Å². The molecular formula is C22H23N5O3S2. The monoisotopic (exact) mass is 469 g/mol. The molecule has 0 unspecified atom stereocenters. The van der Waals surface area contributed by atoms with E-state index in [0.29, 0.717) is 27.4 Å². The van der Waals surface area contributed by atoms with Gasteiger partial charge in [-0.25, -0.2) is 10.8 Å². The van der Waals surface area contributed by atoms with Gasteiger partial charge in [-0.2, -0.15) is 0 Å². The van der Waals surface area contributed by atoms with Crippen LogP contribution < -0.4 is 16.5 Å². The van der Waals surface area contributed by atoms with Crippen molar-refractivity contribution in [2.24, 2.45) is 5.84 Å². The summed E-state index contributed by atoms with van der Waals surface area (Å²) in [5.74, 6) is 5.61. The van der Waals surface area contributed by atoms with Gasteiger partial charge in [0.2, 0.25) is 11.8 Å². The van der Waals surface area contributed by atoms with E-state index in [1.165, 1.54) is 29.5 Å². The third-order valence-corrected chi connectivity index (χ3v) is 6.23. The number of nitrogens with zero attached hydrogens (tertiary/aromatic N) is 2. The van der Waals surface area contributed by atoms with Crippen molar-refractivity contribution in [3.8, 4) is 5.88 Å². The molecule has 0 radical (unpaired) electrons. The molecule has 32 heavy (non-hydrogen) atoms. The van der Waals surface area contributed by atoms with E-state index in [1.54, 1.807) is 36.4 Å². The molecule has 0 aliphatic rings. The number of hydrogen-bond donors (Lipinski definition) is 4. The summed E-state index contributed by atoms with van der Waals surface area (Å²) in [6, 6.07) is 10.1. The van der Waals surface area contributed by atoms with Gasteiger partial charge in [0.15, 0.2) is 10.9 Å².